The fraction of sp³-hybridized carbons (Fsp3) is 0.333. The molecule has 1 aromatic heterocycles. The molecule has 2 aromatic rings. The summed E-state index contributed by atoms with van der Waals surface area (Å²) in [6.07, 6.45) is 0.953. The number of amides is 2. The first-order valence-electron chi connectivity index (χ1n) is 7.22. The van der Waals surface area contributed by atoms with Crippen LogP contribution in [0.25, 0.3) is 0 Å². The third-order valence-electron chi connectivity index (χ3n) is 4.07. The molecule has 2 amide bonds. The first kappa shape index (κ1) is 13.1. The third-order valence-corrected chi connectivity index (χ3v) is 4.07. The number of nitrogens with zero attached hydrogens (tertiary/aromatic N) is 3. The Bertz CT molecular complexity index is 714. The Labute approximate surface area is 126 Å². The third kappa shape index (κ3) is 2.01. The van der Waals surface area contributed by atoms with Crippen molar-refractivity contribution < 1.29 is 14.1 Å². The second-order valence-corrected chi connectivity index (χ2v) is 5.48. The summed E-state index contributed by atoms with van der Waals surface area (Å²) in [4.78, 5) is 30.0. The molecule has 112 valence electrons. The average Bonchev–Trinajstić information content (AvgIpc) is 3.25. The normalized spacial score (nSPS) is 20.7. The maximum atomic E-state index is 12.3. The Morgan fingerprint density at radius 1 is 1.23 bits per heavy atom. The van der Waals surface area contributed by atoms with Crippen LogP contribution in [-0.2, 0) is 6.54 Å². The number of hydrogen-bond acceptors (Lipinski definition) is 6. The molecule has 0 unspecified atom stereocenters. The predicted octanol–water partition coefficient (Wildman–Crippen LogP) is 0.943. The van der Waals surface area contributed by atoms with Gasteiger partial charge < -0.3 is 9.84 Å². The molecular formula is C15H14N4O3. The molecule has 0 saturated carbocycles. The molecule has 1 aromatic carbocycles. The van der Waals surface area contributed by atoms with Crippen molar-refractivity contribution in [2.75, 3.05) is 13.1 Å². The van der Waals surface area contributed by atoms with E-state index in [4.69, 9.17) is 4.52 Å². The maximum Gasteiger partial charge on any atom is 0.261 e. The molecule has 0 aliphatic carbocycles. The van der Waals surface area contributed by atoms with Crippen LogP contribution in [0.4, 0.5) is 0 Å². The van der Waals surface area contributed by atoms with Crippen LogP contribution in [0.2, 0.25) is 0 Å². The zero-order valence-electron chi connectivity index (χ0n) is 11.8. The van der Waals surface area contributed by atoms with E-state index in [2.05, 4.69) is 15.5 Å². The monoisotopic (exact) mass is 298 g/mol. The van der Waals surface area contributed by atoms with E-state index in [0.29, 0.717) is 22.8 Å². The summed E-state index contributed by atoms with van der Waals surface area (Å²) in [6.45, 7) is 1.78. The summed E-state index contributed by atoms with van der Waals surface area (Å²) in [7, 11) is 0. The van der Waals surface area contributed by atoms with E-state index in [9.17, 15) is 9.59 Å². The summed E-state index contributed by atoms with van der Waals surface area (Å²) in [6, 6.07) is 6.79. The fourth-order valence-corrected chi connectivity index (χ4v) is 2.89. The van der Waals surface area contributed by atoms with E-state index in [0.717, 1.165) is 24.4 Å². The van der Waals surface area contributed by atoms with Crippen LogP contribution in [0.1, 0.15) is 44.8 Å². The van der Waals surface area contributed by atoms with Crippen LogP contribution in [0.5, 0.6) is 0 Å². The second-order valence-electron chi connectivity index (χ2n) is 5.48. The highest BCUT2D eigenvalue weighted by atomic mass is 16.5. The van der Waals surface area contributed by atoms with Gasteiger partial charge in [-0.25, -0.2) is 0 Å². The van der Waals surface area contributed by atoms with Crippen molar-refractivity contribution in [3.8, 4) is 0 Å². The standard InChI is InChI=1S/C15H14N4O3/c20-14-10-3-1-2-4-11(10)15(21)19(14)8-12-17-13(22-18-12)9-5-6-16-7-9/h1-4,9,16H,5-8H2/t9-/m0/s1. The Kier molecular flexibility index (Phi) is 3.00. The number of benzene rings is 1. The summed E-state index contributed by atoms with van der Waals surface area (Å²) in [5.74, 6) is 0.514. The molecular weight excluding hydrogens is 284 g/mol. The molecule has 22 heavy (non-hydrogen) atoms. The van der Waals surface area contributed by atoms with Gasteiger partial charge in [-0.2, -0.15) is 4.98 Å². The van der Waals surface area contributed by atoms with Crippen molar-refractivity contribution in [3.63, 3.8) is 0 Å². The summed E-state index contributed by atoms with van der Waals surface area (Å²) in [5, 5.41) is 7.13. The van der Waals surface area contributed by atoms with Crippen molar-refractivity contribution >= 4 is 11.8 Å². The van der Waals surface area contributed by atoms with Crippen LogP contribution >= 0.6 is 0 Å². The molecule has 4 rings (SSSR count). The van der Waals surface area contributed by atoms with Gasteiger partial charge in [0, 0.05) is 6.54 Å². The van der Waals surface area contributed by atoms with E-state index in [-0.39, 0.29) is 24.3 Å². The topological polar surface area (TPSA) is 88.3 Å². The molecule has 2 aliphatic rings. The molecule has 3 heterocycles. The number of nitrogens with one attached hydrogen (secondary N) is 1. The maximum absolute atomic E-state index is 12.3. The highest BCUT2D eigenvalue weighted by molar-refractivity contribution is 6.21. The molecule has 1 fully saturated rings. The highest BCUT2D eigenvalue weighted by Gasteiger charge is 2.36. The Morgan fingerprint density at radius 3 is 2.59 bits per heavy atom. The Hall–Kier alpha value is -2.54. The summed E-state index contributed by atoms with van der Waals surface area (Å²) >= 11 is 0. The van der Waals surface area contributed by atoms with Crippen molar-refractivity contribution in [1.29, 1.82) is 0 Å². The molecule has 7 heteroatoms. The SMILES string of the molecule is O=C1c2ccccc2C(=O)N1Cc1noc([C@H]2CCNC2)n1. The van der Waals surface area contributed by atoms with Crippen LogP contribution in [0, 0.1) is 0 Å². The largest absolute Gasteiger partial charge is 0.339 e. The zero-order chi connectivity index (χ0) is 15.1. The first-order chi connectivity index (χ1) is 10.7. The lowest BCUT2D eigenvalue weighted by molar-refractivity contribution is 0.0637. The number of carbonyl (C=O) groups excluding carboxylic acids is 2. The van der Waals surface area contributed by atoms with E-state index in [1.54, 1.807) is 24.3 Å². The van der Waals surface area contributed by atoms with E-state index in [1.165, 1.54) is 0 Å². The lowest BCUT2D eigenvalue weighted by Crippen LogP contribution is -2.29. The Balaban J connectivity index is 1.55. The molecule has 2 aliphatic heterocycles. The highest BCUT2D eigenvalue weighted by Crippen LogP contribution is 2.25. The van der Waals surface area contributed by atoms with Gasteiger partial charge in [0.05, 0.1) is 23.6 Å². The van der Waals surface area contributed by atoms with Crippen LogP contribution in [0.3, 0.4) is 0 Å². The predicted molar refractivity (Wildman–Crippen MR) is 75.2 cm³/mol. The lowest BCUT2D eigenvalue weighted by atomic mass is 10.1. The zero-order valence-corrected chi connectivity index (χ0v) is 11.8. The van der Waals surface area contributed by atoms with Gasteiger partial charge in [0.1, 0.15) is 0 Å². The van der Waals surface area contributed by atoms with Gasteiger partial charge in [0.2, 0.25) is 5.89 Å². The first-order valence-corrected chi connectivity index (χ1v) is 7.22. The van der Waals surface area contributed by atoms with E-state index in [1.807, 2.05) is 0 Å². The van der Waals surface area contributed by atoms with Crippen LogP contribution < -0.4 is 5.32 Å². The van der Waals surface area contributed by atoms with Crippen LogP contribution in [-0.4, -0.2) is 39.9 Å². The molecule has 0 bridgehead atoms. The molecule has 1 saturated heterocycles. The number of fused-ring (bicyclic) bond motifs is 1. The van der Waals surface area contributed by atoms with Gasteiger partial charge in [-0.3, -0.25) is 14.5 Å². The second kappa shape index (κ2) is 5.03. The van der Waals surface area contributed by atoms with Crippen molar-refractivity contribution in [2.45, 2.75) is 18.9 Å². The molecule has 0 radical (unpaired) electrons. The molecule has 1 N–H and O–H groups in total. The minimum atomic E-state index is -0.311. The van der Waals surface area contributed by atoms with E-state index < -0.39 is 0 Å². The van der Waals surface area contributed by atoms with E-state index >= 15 is 0 Å². The summed E-state index contributed by atoms with van der Waals surface area (Å²) in [5.41, 5.74) is 0.854. The van der Waals surface area contributed by atoms with Gasteiger partial charge >= 0.3 is 0 Å². The van der Waals surface area contributed by atoms with Gasteiger partial charge in [0.25, 0.3) is 11.8 Å². The van der Waals surface area contributed by atoms with Gasteiger partial charge in [-0.05, 0) is 25.1 Å². The minimum absolute atomic E-state index is 0.0377. The fourth-order valence-electron chi connectivity index (χ4n) is 2.89. The number of imide groups is 1. The van der Waals surface area contributed by atoms with Crippen LogP contribution in [0.15, 0.2) is 28.8 Å². The Morgan fingerprint density at radius 2 is 1.95 bits per heavy atom. The summed E-state index contributed by atoms with van der Waals surface area (Å²) < 4.78 is 5.26. The average molecular weight is 298 g/mol. The molecule has 7 nitrogen and oxygen atoms in total. The lowest BCUT2D eigenvalue weighted by Gasteiger charge is -2.10. The quantitative estimate of drug-likeness (QED) is 0.849. The van der Waals surface area contributed by atoms with Crippen molar-refractivity contribution in [3.05, 3.63) is 47.1 Å². The number of rotatable bonds is 3. The molecule has 0 spiro atoms. The number of aromatic nitrogens is 2. The molecule has 1 atom stereocenters. The van der Waals surface area contributed by atoms with Gasteiger partial charge in [-0.15, -0.1) is 0 Å². The number of hydrogen-bond donors (Lipinski definition) is 1. The van der Waals surface area contributed by atoms with Crippen molar-refractivity contribution in [1.82, 2.24) is 20.4 Å². The van der Waals surface area contributed by atoms with Gasteiger partial charge in [0.15, 0.2) is 5.82 Å². The smallest absolute Gasteiger partial charge is 0.261 e. The van der Waals surface area contributed by atoms with Crippen molar-refractivity contribution in [2.24, 2.45) is 0 Å². The van der Waals surface area contributed by atoms with Gasteiger partial charge in [-0.1, -0.05) is 17.3 Å². The minimum Gasteiger partial charge on any atom is -0.339 e. The number of carbonyl (C=O) groups is 2.